The van der Waals surface area contributed by atoms with Crippen LogP contribution in [0.15, 0.2) is 30.3 Å². The Morgan fingerprint density at radius 2 is 2.05 bits per heavy atom. The molecule has 0 bridgehead atoms. The summed E-state index contributed by atoms with van der Waals surface area (Å²) in [6.07, 6.45) is -0.210. The summed E-state index contributed by atoms with van der Waals surface area (Å²) in [5.74, 6) is -5.14. The summed E-state index contributed by atoms with van der Waals surface area (Å²) in [7, 11) is 0. The number of esters is 1. The average Bonchev–Trinajstić information content (AvgIpc) is 2.58. The Bertz CT molecular complexity index is 423. The minimum Gasteiger partial charge on any atom is -0.460 e. The van der Waals surface area contributed by atoms with E-state index in [4.69, 9.17) is 4.74 Å². The first-order valence-electron chi connectivity index (χ1n) is 6.39. The van der Waals surface area contributed by atoms with Crippen LogP contribution in [-0.4, -0.2) is 25.0 Å². The summed E-state index contributed by atoms with van der Waals surface area (Å²) in [6.45, 7) is 0.690. The Labute approximate surface area is 111 Å². The van der Waals surface area contributed by atoms with Crippen LogP contribution < -0.4 is 5.32 Å². The normalized spacial score (nSPS) is 22.5. The van der Waals surface area contributed by atoms with E-state index < -0.39 is 17.8 Å². The van der Waals surface area contributed by atoms with E-state index in [-0.39, 0.29) is 26.0 Å². The Morgan fingerprint density at radius 1 is 1.32 bits per heavy atom. The van der Waals surface area contributed by atoms with E-state index in [0.29, 0.717) is 6.54 Å². The third-order valence-electron chi connectivity index (χ3n) is 3.26. The van der Waals surface area contributed by atoms with Crippen LogP contribution >= 0.6 is 0 Å². The van der Waals surface area contributed by atoms with E-state index >= 15 is 0 Å². The summed E-state index contributed by atoms with van der Waals surface area (Å²) >= 11 is 0. The number of halogens is 2. The maximum Gasteiger partial charge on any atom is 0.315 e. The second-order valence-corrected chi connectivity index (χ2v) is 4.70. The molecule has 1 fully saturated rings. The fraction of sp³-hybridized carbons (Fsp3) is 0.500. The molecule has 3 nitrogen and oxygen atoms in total. The highest BCUT2D eigenvalue weighted by atomic mass is 19.3. The molecule has 1 N–H and O–H groups in total. The molecule has 5 heteroatoms. The number of ether oxygens (including phenoxy) is 1. The predicted molar refractivity (Wildman–Crippen MR) is 66.8 cm³/mol. The first-order valence-corrected chi connectivity index (χ1v) is 6.39. The van der Waals surface area contributed by atoms with Crippen LogP contribution in [0.2, 0.25) is 0 Å². The number of rotatable bonds is 3. The van der Waals surface area contributed by atoms with Crippen LogP contribution in [0, 0.1) is 5.92 Å². The number of carbonyl (C=O) groups is 1. The van der Waals surface area contributed by atoms with Crippen molar-refractivity contribution in [2.75, 3.05) is 13.1 Å². The van der Waals surface area contributed by atoms with Gasteiger partial charge < -0.3 is 10.1 Å². The summed E-state index contributed by atoms with van der Waals surface area (Å²) < 4.78 is 32.5. The second kappa shape index (κ2) is 6.10. The van der Waals surface area contributed by atoms with Gasteiger partial charge in [0.15, 0.2) is 0 Å². The Hall–Kier alpha value is -1.49. The molecule has 0 radical (unpaired) electrons. The highest BCUT2D eigenvalue weighted by Crippen LogP contribution is 2.33. The van der Waals surface area contributed by atoms with Crippen molar-refractivity contribution in [2.45, 2.75) is 25.4 Å². The molecule has 1 aromatic rings. The van der Waals surface area contributed by atoms with Crippen LogP contribution in [0.3, 0.4) is 0 Å². The SMILES string of the molecule is O=C(OCc1ccccc1)C1CCNCCC1(F)F. The Balaban J connectivity index is 1.94. The van der Waals surface area contributed by atoms with Crippen LogP contribution in [0.25, 0.3) is 0 Å². The van der Waals surface area contributed by atoms with Crippen molar-refractivity contribution < 1.29 is 18.3 Å². The fourth-order valence-electron chi connectivity index (χ4n) is 2.13. The molecular weight excluding hydrogens is 252 g/mol. The maximum atomic E-state index is 13.8. The van der Waals surface area contributed by atoms with Crippen molar-refractivity contribution in [3.05, 3.63) is 35.9 Å². The Kier molecular flexibility index (Phi) is 4.47. The van der Waals surface area contributed by atoms with Gasteiger partial charge in [0.05, 0.1) is 0 Å². The number of carbonyl (C=O) groups excluding carboxylic acids is 1. The number of hydrogen-bond acceptors (Lipinski definition) is 3. The highest BCUT2D eigenvalue weighted by molar-refractivity contribution is 5.73. The number of benzene rings is 1. The zero-order valence-corrected chi connectivity index (χ0v) is 10.6. The zero-order valence-electron chi connectivity index (χ0n) is 10.6. The zero-order chi connectivity index (χ0) is 13.7. The minimum atomic E-state index is -2.99. The van der Waals surface area contributed by atoms with Gasteiger partial charge in [0.2, 0.25) is 0 Å². The lowest BCUT2D eigenvalue weighted by Crippen LogP contribution is -2.35. The first-order chi connectivity index (χ1) is 9.09. The summed E-state index contributed by atoms with van der Waals surface area (Å²) in [4.78, 5) is 11.8. The molecule has 1 aliphatic rings. The third kappa shape index (κ3) is 3.73. The maximum absolute atomic E-state index is 13.8. The summed E-state index contributed by atoms with van der Waals surface area (Å²) in [5, 5.41) is 2.87. The molecule has 2 rings (SSSR count). The molecule has 0 saturated carbocycles. The summed E-state index contributed by atoms with van der Waals surface area (Å²) in [5.41, 5.74) is 0.797. The molecule has 1 unspecified atom stereocenters. The lowest BCUT2D eigenvalue weighted by molar-refractivity contribution is -0.165. The van der Waals surface area contributed by atoms with E-state index in [1.165, 1.54) is 0 Å². The molecule has 1 aliphatic heterocycles. The van der Waals surface area contributed by atoms with Gasteiger partial charge in [0.1, 0.15) is 12.5 Å². The van der Waals surface area contributed by atoms with Gasteiger partial charge >= 0.3 is 5.97 Å². The molecule has 1 atom stereocenters. The van der Waals surface area contributed by atoms with Gasteiger partial charge in [-0.15, -0.1) is 0 Å². The first kappa shape index (κ1) is 13.9. The topological polar surface area (TPSA) is 38.3 Å². The van der Waals surface area contributed by atoms with Crippen molar-refractivity contribution in [2.24, 2.45) is 5.92 Å². The number of alkyl halides is 2. The molecule has 0 spiro atoms. The van der Waals surface area contributed by atoms with Crippen molar-refractivity contribution in [1.29, 1.82) is 0 Å². The molecule has 0 amide bonds. The lowest BCUT2D eigenvalue weighted by atomic mass is 9.96. The van der Waals surface area contributed by atoms with E-state index in [1.54, 1.807) is 12.1 Å². The van der Waals surface area contributed by atoms with Gasteiger partial charge in [-0.1, -0.05) is 30.3 Å². The van der Waals surface area contributed by atoms with E-state index in [0.717, 1.165) is 5.56 Å². The molecule has 104 valence electrons. The smallest absolute Gasteiger partial charge is 0.315 e. The number of hydrogen-bond donors (Lipinski definition) is 1. The van der Waals surface area contributed by atoms with E-state index in [9.17, 15) is 13.6 Å². The van der Waals surface area contributed by atoms with Crippen LogP contribution in [0.1, 0.15) is 18.4 Å². The minimum absolute atomic E-state index is 0.0414. The van der Waals surface area contributed by atoms with Crippen molar-refractivity contribution in [1.82, 2.24) is 5.32 Å². The van der Waals surface area contributed by atoms with Gasteiger partial charge in [0, 0.05) is 13.0 Å². The van der Waals surface area contributed by atoms with Crippen LogP contribution in [0.4, 0.5) is 8.78 Å². The largest absolute Gasteiger partial charge is 0.460 e. The Morgan fingerprint density at radius 3 is 2.79 bits per heavy atom. The van der Waals surface area contributed by atoms with Gasteiger partial charge in [-0.3, -0.25) is 4.79 Å². The van der Waals surface area contributed by atoms with E-state index in [2.05, 4.69) is 5.32 Å². The molecule has 0 aliphatic carbocycles. The van der Waals surface area contributed by atoms with Crippen molar-refractivity contribution >= 4 is 5.97 Å². The third-order valence-corrected chi connectivity index (χ3v) is 3.26. The second-order valence-electron chi connectivity index (χ2n) is 4.70. The van der Waals surface area contributed by atoms with Crippen LogP contribution in [0.5, 0.6) is 0 Å². The van der Waals surface area contributed by atoms with E-state index in [1.807, 2.05) is 18.2 Å². The van der Waals surface area contributed by atoms with Gasteiger partial charge in [-0.05, 0) is 18.5 Å². The average molecular weight is 269 g/mol. The fourth-order valence-corrected chi connectivity index (χ4v) is 2.13. The molecular formula is C14H17F2NO2. The van der Waals surface area contributed by atoms with Gasteiger partial charge in [-0.25, -0.2) is 8.78 Å². The standard InChI is InChI=1S/C14H17F2NO2/c15-14(16)7-9-17-8-6-12(14)13(18)19-10-11-4-2-1-3-5-11/h1-5,12,17H,6-10H2. The molecule has 19 heavy (non-hydrogen) atoms. The molecule has 1 saturated heterocycles. The van der Waals surface area contributed by atoms with Crippen molar-refractivity contribution in [3.8, 4) is 0 Å². The van der Waals surface area contributed by atoms with Crippen LogP contribution in [-0.2, 0) is 16.1 Å². The quantitative estimate of drug-likeness (QED) is 0.856. The van der Waals surface area contributed by atoms with Gasteiger partial charge in [0.25, 0.3) is 5.92 Å². The lowest BCUT2D eigenvalue weighted by Gasteiger charge is -2.22. The predicted octanol–water partition coefficient (Wildman–Crippen LogP) is 2.36. The highest BCUT2D eigenvalue weighted by Gasteiger charge is 2.45. The number of nitrogens with one attached hydrogen (secondary N) is 1. The van der Waals surface area contributed by atoms with Crippen molar-refractivity contribution in [3.63, 3.8) is 0 Å². The molecule has 1 aromatic carbocycles. The molecule has 1 heterocycles. The monoisotopic (exact) mass is 269 g/mol. The summed E-state index contributed by atoms with van der Waals surface area (Å²) in [6, 6.07) is 9.05. The molecule has 0 aromatic heterocycles. The van der Waals surface area contributed by atoms with Gasteiger partial charge in [-0.2, -0.15) is 0 Å².